The molecule has 98 valence electrons. The van der Waals surface area contributed by atoms with Crippen molar-refractivity contribution in [3.63, 3.8) is 0 Å². The first-order chi connectivity index (χ1) is 8.27. The van der Waals surface area contributed by atoms with Crippen LogP contribution in [0.15, 0.2) is 22.4 Å². The van der Waals surface area contributed by atoms with Crippen molar-refractivity contribution in [2.75, 3.05) is 5.33 Å². The van der Waals surface area contributed by atoms with Crippen LogP contribution >= 0.6 is 66.7 Å². The van der Waals surface area contributed by atoms with Crippen molar-refractivity contribution in [3.8, 4) is 0 Å². The molecular formula is C10H7Br2Cl3N2O. The van der Waals surface area contributed by atoms with E-state index in [1.807, 2.05) is 0 Å². The maximum atomic E-state index is 11.4. The van der Waals surface area contributed by atoms with Gasteiger partial charge >= 0.3 is 0 Å². The molecule has 1 aromatic rings. The predicted molar refractivity (Wildman–Crippen MR) is 82.0 cm³/mol. The van der Waals surface area contributed by atoms with Crippen molar-refractivity contribution in [2.45, 2.75) is 10.8 Å². The Morgan fingerprint density at radius 3 is 2.56 bits per heavy atom. The smallest absolute Gasteiger partial charge is 0.267 e. The van der Waals surface area contributed by atoms with Crippen molar-refractivity contribution >= 4 is 78.1 Å². The van der Waals surface area contributed by atoms with E-state index in [0.717, 1.165) is 5.56 Å². The van der Waals surface area contributed by atoms with E-state index in [2.05, 4.69) is 42.1 Å². The molecule has 0 aliphatic carbocycles. The largest absolute Gasteiger partial charge is 0.293 e. The highest BCUT2D eigenvalue weighted by Crippen LogP contribution is 2.35. The first kappa shape index (κ1) is 16.4. The molecule has 0 bridgehead atoms. The zero-order valence-electron chi connectivity index (χ0n) is 9.05. The number of hydrogen-bond donors (Lipinski definition) is 0. The van der Waals surface area contributed by atoms with Gasteiger partial charge in [0.25, 0.3) is 3.91 Å². The lowest BCUT2D eigenvalue weighted by Gasteiger charge is -2.10. The van der Waals surface area contributed by atoms with Gasteiger partial charge in [-0.3, -0.25) is 4.79 Å². The number of azo groups is 1. The molecule has 0 amide bonds. The molecule has 0 saturated carbocycles. The molecule has 1 atom stereocenters. The molecule has 18 heavy (non-hydrogen) atoms. The summed E-state index contributed by atoms with van der Waals surface area (Å²) >= 11 is 23.7. The molecule has 0 spiro atoms. The summed E-state index contributed by atoms with van der Waals surface area (Å²) in [5.41, 5.74) is 1.16. The second-order valence-electron chi connectivity index (χ2n) is 3.35. The van der Waals surface area contributed by atoms with E-state index < -0.39 is 3.91 Å². The van der Waals surface area contributed by atoms with Crippen molar-refractivity contribution in [1.82, 2.24) is 0 Å². The van der Waals surface area contributed by atoms with Crippen LogP contribution in [0.2, 0.25) is 10.0 Å². The summed E-state index contributed by atoms with van der Waals surface area (Å²) in [7, 11) is 0. The van der Waals surface area contributed by atoms with Crippen molar-refractivity contribution < 1.29 is 4.79 Å². The standard InChI is InChI=1S/C10H7Br2Cl3N2O/c1-5-2-6(13)3-7(14)9(5)16-17-10(12,15)8(18)4-11/h2-3H,4H2,1H3/b17-16+. The van der Waals surface area contributed by atoms with E-state index in [9.17, 15) is 4.79 Å². The van der Waals surface area contributed by atoms with Crippen LogP contribution in [-0.4, -0.2) is 15.0 Å². The molecule has 1 aromatic carbocycles. The number of Topliss-reactive ketones (excluding diaryl/α,β-unsaturated/α-hetero) is 1. The summed E-state index contributed by atoms with van der Waals surface area (Å²) in [4.78, 5) is 11.4. The van der Waals surface area contributed by atoms with Gasteiger partial charge in [0.1, 0.15) is 5.69 Å². The SMILES string of the molecule is Cc1cc(Cl)cc(Cl)c1/N=N/C(Cl)(Br)C(=O)CBr. The fraction of sp³-hybridized carbons (Fsp3) is 0.300. The molecule has 0 fully saturated rings. The maximum Gasteiger partial charge on any atom is 0.267 e. The Kier molecular flexibility index (Phi) is 6.06. The number of rotatable bonds is 4. The Balaban J connectivity index is 3.09. The van der Waals surface area contributed by atoms with Crippen LogP contribution in [0.5, 0.6) is 0 Å². The Bertz CT molecular complexity index is 483. The number of benzene rings is 1. The number of carbonyl (C=O) groups is 1. The number of ketones is 1. The van der Waals surface area contributed by atoms with E-state index in [4.69, 9.17) is 34.8 Å². The van der Waals surface area contributed by atoms with E-state index in [-0.39, 0.29) is 11.1 Å². The summed E-state index contributed by atoms with van der Waals surface area (Å²) < 4.78 is -1.59. The topological polar surface area (TPSA) is 41.8 Å². The molecule has 0 saturated heterocycles. The molecule has 1 rings (SSSR count). The van der Waals surface area contributed by atoms with E-state index in [1.54, 1.807) is 19.1 Å². The van der Waals surface area contributed by atoms with Crippen molar-refractivity contribution in [3.05, 3.63) is 27.7 Å². The number of nitrogens with zero attached hydrogens (tertiary/aromatic N) is 2. The van der Waals surface area contributed by atoms with E-state index >= 15 is 0 Å². The number of hydrogen-bond acceptors (Lipinski definition) is 3. The third-order valence-corrected chi connectivity index (χ3v) is 3.85. The normalized spacial score (nSPS) is 14.8. The van der Waals surface area contributed by atoms with Crippen LogP contribution in [0, 0.1) is 6.92 Å². The maximum absolute atomic E-state index is 11.4. The van der Waals surface area contributed by atoms with E-state index in [0.29, 0.717) is 15.7 Å². The zero-order chi connectivity index (χ0) is 13.9. The van der Waals surface area contributed by atoms with Gasteiger partial charge in [-0.2, -0.15) is 5.11 Å². The predicted octanol–water partition coefficient (Wildman–Crippen LogP) is 5.64. The molecule has 0 aliphatic rings. The quantitative estimate of drug-likeness (QED) is 0.342. The number of halogens is 5. The molecule has 1 unspecified atom stereocenters. The zero-order valence-corrected chi connectivity index (χ0v) is 14.5. The van der Waals surface area contributed by atoms with Gasteiger partial charge < -0.3 is 0 Å². The third kappa shape index (κ3) is 4.17. The van der Waals surface area contributed by atoms with Crippen molar-refractivity contribution in [1.29, 1.82) is 0 Å². The van der Waals surface area contributed by atoms with Crippen LogP contribution in [0.25, 0.3) is 0 Å². The summed E-state index contributed by atoms with van der Waals surface area (Å²) in [6.45, 7) is 1.78. The van der Waals surface area contributed by atoms with Crippen LogP contribution in [-0.2, 0) is 4.79 Å². The summed E-state index contributed by atoms with van der Waals surface area (Å²) in [5, 5.41) is 8.56. The van der Waals surface area contributed by atoms with Gasteiger partial charge in [0, 0.05) is 5.02 Å². The second kappa shape index (κ2) is 6.66. The molecular weight excluding hydrogens is 430 g/mol. The van der Waals surface area contributed by atoms with Gasteiger partial charge in [0.2, 0.25) is 0 Å². The minimum Gasteiger partial charge on any atom is -0.293 e. The first-order valence-electron chi connectivity index (χ1n) is 4.63. The first-order valence-corrected chi connectivity index (χ1v) is 7.68. The lowest BCUT2D eigenvalue weighted by Crippen LogP contribution is -2.23. The average molecular weight is 437 g/mol. The fourth-order valence-electron chi connectivity index (χ4n) is 1.07. The Morgan fingerprint density at radius 2 is 2.06 bits per heavy atom. The lowest BCUT2D eigenvalue weighted by atomic mass is 10.2. The molecule has 3 nitrogen and oxygen atoms in total. The number of alkyl halides is 3. The molecule has 0 N–H and O–H groups in total. The number of carbonyl (C=O) groups excluding carboxylic acids is 1. The minimum absolute atomic E-state index is 0.0636. The Morgan fingerprint density at radius 1 is 1.44 bits per heavy atom. The summed E-state index contributed by atoms with van der Waals surface area (Å²) in [6, 6.07) is 3.24. The van der Waals surface area contributed by atoms with E-state index in [1.165, 1.54) is 0 Å². The molecule has 0 radical (unpaired) electrons. The Hall–Kier alpha value is 0.320. The highest BCUT2D eigenvalue weighted by molar-refractivity contribution is 9.11. The molecule has 0 aromatic heterocycles. The van der Waals surface area contributed by atoms with Crippen LogP contribution in [0.4, 0.5) is 5.69 Å². The van der Waals surface area contributed by atoms with Crippen LogP contribution in [0.1, 0.15) is 5.56 Å². The molecule has 8 heteroatoms. The summed E-state index contributed by atoms with van der Waals surface area (Å²) in [6.07, 6.45) is 0. The van der Waals surface area contributed by atoms with Gasteiger partial charge in [-0.15, -0.1) is 5.11 Å². The molecule has 0 aliphatic heterocycles. The molecule has 0 heterocycles. The third-order valence-electron chi connectivity index (χ3n) is 1.95. The lowest BCUT2D eigenvalue weighted by molar-refractivity contribution is -0.116. The Labute approximate surface area is 136 Å². The average Bonchev–Trinajstić information content (AvgIpc) is 2.26. The fourth-order valence-corrected chi connectivity index (χ4v) is 2.97. The van der Waals surface area contributed by atoms with Crippen LogP contribution < -0.4 is 0 Å². The van der Waals surface area contributed by atoms with Gasteiger partial charge in [0.15, 0.2) is 5.78 Å². The minimum atomic E-state index is -1.59. The summed E-state index contributed by atoms with van der Waals surface area (Å²) in [5.74, 6) is -0.365. The van der Waals surface area contributed by atoms with Gasteiger partial charge in [-0.05, 0) is 40.5 Å². The van der Waals surface area contributed by atoms with Gasteiger partial charge in [0.05, 0.1) is 10.4 Å². The number of aryl methyl sites for hydroxylation is 1. The van der Waals surface area contributed by atoms with Crippen molar-refractivity contribution in [2.24, 2.45) is 10.2 Å². The van der Waals surface area contributed by atoms with Crippen LogP contribution in [0.3, 0.4) is 0 Å². The monoisotopic (exact) mass is 434 g/mol. The highest BCUT2D eigenvalue weighted by atomic mass is 79.9. The highest BCUT2D eigenvalue weighted by Gasteiger charge is 2.31. The second-order valence-corrected chi connectivity index (χ2v) is 6.91. The van der Waals surface area contributed by atoms with Gasteiger partial charge in [-0.25, -0.2) is 0 Å². The van der Waals surface area contributed by atoms with Gasteiger partial charge in [-0.1, -0.05) is 50.7 Å².